The van der Waals surface area contributed by atoms with Gasteiger partial charge in [0.15, 0.2) is 5.84 Å². The molecule has 14 rings (SSSR count). The molecule has 11 aromatic carbocycles. The first-order valence-electron chi connectivity index (χ1n) is 24.5. The van der Waals surface area contributed by atoms with Crippen molar-refractivity contribution in [2.45, 2.75) is 6.17 Å². The third-order valence-corrected chi connectivity index (χ3v) is 15.4. The van der Waals surface area contributed by atoms with Gasteiger partial charge < -0.3 is 9.88 Å². The molecule has 1 unspecified atom stereocenters. The summed E-state index contributed by atoms with van der Waals surface area (Å²) in [6, 6.07) is 92.0. The lowest BCUT2D eigenvalue weighted by atomic mass is 9.95. The molecule has 1 atom stereocenters. The third-order valence-electron chi connectivity index (χ3n) is 14.3. The summed E-state index contributed by atoms with van der Waals surface area (Å²) in [5, 5.41) is 11.3. The number of rotatable bonds is 8. The molecule has 0 aliphatic carbocycles. The number of nitrogens with one attached hydrogen (secondary N) is 1. The fraction of sp³-hybridized carbons (Fsp3) is 0.0149. The average molecular weight is 937 g/mol. The fourth-order valence-corrected chi connectivity index (χ4v) is 12.0. The van der Waals surface area contributed by atoms with Crippen LogP contribution in [0.4, 0.5) is 0 Å². The van der Waals surface area contributed by atoms with Gasteiger partial charge in [-0.2, -0.15) is 0 Å². The van der Waals surface area contributed by atoms with E-state index in [0.29, 0.717) is 5.84 Å². The van der Waals surface area contributed by atoms with Crippen molar-refractivity contribution in [2.24, 2.45) is 9.98 Å². The van der Waals surface area contributed by atoms with E-state index in [2.05, 4.69) is 265 Å². The van der Waals surface area contributed by atoms with Crippen LogP contribution < -0.4 is 5.32 Å². The molecule has 0 amide bonds. The van der Waals surface area contributed by atoms with Crippen LogP contribution in [-0.2, 0) is 0 Å². The van der Waals surface area contributed by atoms with Gasteiger partial charge in [0, 0.05) is 47.6 Å². The second kappa shape index (κ2) is 17.4. The predicted octanol–water partition coefficient (Wildman–Crippen LogP) is 17.5. The zero-order valence-electron chi connectivity index (χ0n) is 39.1. The third kappa shape index (κ3) is 7.13. The Balaban J connectivity index is 1.03. The van der Waals surface area contributed by atoms with Crippen molar-refractivity contribution in [3.8, 4) is 50.2 Å². The molecule has 13 aromatic rings. The highest BCUT2D eigenvalue weighted by atomic mass is 32.1. The van der Waals surface area contributed by atoms with Gasteiger partial charge in [0.25, 0.3) is 0 Å². The van der Waals surface area contributed by atoms with Crippen LogP contribution in [-0.4, -0.2) is 16.2 Å². The number of nitrogens with zero attached hydrogens (tertiary/aromatic N) is 3. The lowest BCUT2D eigenvalue weighted by molar-refractivity contribution is 0.674. The van der Waals surface area contributed by atoms with Crippen LogP contribution in [0, 0.1) is 0 Å². The number of aliphatic imine (C=N–C) groups is 2. The highest BCUT2D eigenvalue weighted by Crippen LogP contribution is 2.44. The number of fused-ring (bicyclic) bond motifs is 7. The quantitative estimate of drug-likeness (QED) is 0.162. The molecule has 0 saturated carbocycles. The van der Waals surface area contributed by atoms with Gasteiger partial charge in [-0.25, -0.2) is 9.98 Å². The number of aromatic nitrogens is 1. The Morgan fingerprint density at radius 3 is 1.69 bits per heavy atom. The molecule has 0 saturated heterocycles. The second-order valence-corrected chi connectivity index (χ2v) is 19.6. The van der Waals surface area contributed by atoms with Crippen molar-refractivity contribution in [2.75, 3.05) is 0 Å². The van der Waals surface area contributed by atoms with Gasteiger partial charge >= 0.3 is 0 Å². The summed E-state index contributed by atoms with van der Waals surface area (Å²) < 4.78 is 5.06. The molecule has 2 aromatic heterocycles. The van der Waals surface area contributed by atoms with Crippen LogP contribution in [0.1, 0.15) is 22.9 Å². The van der Waals surface area contributed by atoms with Crippen LogP contribution >= 0.6 is 11.3 Å². The minimum Gasteiger partial charge on any atom is -0.344 e. The van der Waals surface area contributed by atoms with Gasteiger partial charge in [-0.05, 0) is 104 Å². The summed E-state index contributed by atoms with van der Waals surface area (Å²) in [6.07, 6.45) is -0.481. The Morgan fingerprint density at radius 1 is 0.375 bits per heavy atom. The summed E-state index contributed by atoms with van der Waals surface area (Å²) in [5.41, 5.74) is 15.5. The molecule has 0 fully saturated rings. The maximum absolute atomic E-state index is 5.59. The summed E-state index contributed by atoms with van der Waals surface area (Å²) in [5.74, 6) is 1.45. The van der Waals surface area contributed by atoms with E-state index in [1.54, 1.807) is 0 Å². The van der Waals surface area contributed by atoms with Crippen molar-refractivity contribution in [3.63, 3.8) is 0 Å². The molecule has 0 bridgehead atoms. The van der Waals surface area contributed by atoms with Crippen LogP contribution in [0.25, 0.3) is 103 Å². The van der Waals surface area contributed by atoms with Gasteiger partial charge in [-0.1, -0.05) is 206 Å². The van der Waals surface area contributed by atoms with E-state index in [4.69, 9.17) is 9.98 Å². The molecule has 5 heteroatoms. The topological polar surface area (TPSA) is 41.7 Å². The van der Waals surface area contributed by atoms with E-state index in [1.165, 1.54) is 52.8 Å². The van der Waals surface area contributed by atoms with Gasteiger partial charge in [-0.15, -0.1) is 11.3 Å². The average Bonchev–Trinajstić information content (AvgIpc) is 4.00. The molecule has 338 valence electrons. The van der Waals surface area contributed by atoms with E-state index in [9.17, 15) is 0 Å². The fourth-order valence-electron chi connectivity index (χ4n) is 10.9. The molecule has 0 radical (unpaired) electrons. The number of benzene rings is 11. The maximum atomic E-state index is 5.59. The summed E-state index contributed by atoms with van der Waals surface area (Å²) >= 11 is 1.85. The van der Waals surface area contributed by atoms with Gasteiger partial charge in [0.2, 0.25) is 0 Å². The number of hydrogen-bond acceptors (Lipinski definition) is 4. The Labute approximate surface area is 421 Å². The molecule has 1 N–H and O–H groups in total. The summed E-state index contributed by atoms with van der Waals surface area (Å²) in [6.45, 7) is 0. The highest BCUT2D eigenvalue weighted by molar-refractivity contribution is 7.25. The first kappa shape index (κ1) is 41.8. The lowest BCUT2D eigenvalue weighted by Gasteiger charge is -2.26. The zero-order chi connectivity index (χ0) is 47.5. The van der Waals surface area contributed by atoms with Crippen molar-refractivity contribution < 1.29 is 0 Å². The second-order valence-electron chi connectivity index (χ2n) is 18.5. The van der Waals surface area contributed by atoms with Crippen molar-refractivity contribution in [3.05, 3.63) is 271 Å². The lowest BCUT2D eigenvalue weighted by Crippen LogP contribution is -2.34. The SMILES string of the molecule is c1ccc(-c2ccccc2C2=NC(c3ccc(-n4c5cc6ccccc6cc5c5c(-c6ccccc6)cccc54)c(-c4ccc5sc6ccccc6c5c4)c3)NC(c3ccccc3-c3ccccc3)=N2)cc1. The maximum Gasteiger partial charge on any atom is 0.160 e. The Bertz CT molecular complexity index is 4300. The Hall–Kier alpha value is -9.16. The molecular weight excluding hydrogens is 893 g/mol. The van der Waals surface area contributed by atoms with Crippen molar-refractivity contribution >= 4 is 75.8 Å². The van der Waals surface area contributed by atoms with E-state index in [1.807, 2.05) is 11.3 Å². The largest absolute Gasteiger partial charge is 0.344 e. The highest BCUT2D eigenvalue weighted by Gasteiger charge is 2.27. The smallest absolute Gasteiger partial charge is 0.160 e. The monoisotopic (exact) mass is 936 g/mol. The van der Waals surface area contributed by atoms with Crippen LogP contribution in [0.3, 0.4) is 0 Å². The summed E-state index contributed by atoms with van der Waals surface area (Å²) in [4.78, 5) is 11.0. The molecule has 1 aliphatic rings. The van der Waals surface area contributed by atoms with Crippen LogP contribution in [0.15, 0.2) is 265 Å². The van der Waals surface area contributed by atoms with E-state index in [0.717, 1.165) is 72.6 Å². The molecule has 4 nitrogen and oxygen atoms in total. The number of hydrogen-bond donors (Lipinski definition) is 1. The van der Waals surface area contributed by atoms with E-state index in [-0.39, 0.29) is 0 Å². The minimum atomic E-state index is -0.481. The van der Waals surface area contributed by atoms with Crippen LogP contribution in [0.5, 0.6) is 0 Å². The predicted molar refractivity (Wildman–Crippen MR) is 305 cm³/mol. The standard InChI is InChI=1S/C67H44N4S/c1-4-19-43(20-5-1)50-27-12-14-30-54(50)66-68-65(69-67(70-66)55-31-15-13-28-51(55)44-21-6-2-7-22-44)49-35-37-59(56(41-49)48-36-38-63-57(40-48)53-29-16-17-34-62(53)72-63)71-60-33-18-32-52(45-23-8-3-9-24-45)64(60)58-39-46-25-10-11-26-47(46)42-61(58)71/h1-42,65H,(H,68,69,70). The number of amidine groups is 2. The summed E-state index contributed by atoms with van der Waals surface area (Å²) in [7, 11) is 0. The van der Waals surface area contributed by atoms with Gasteiger partial charge in [0.05, 0.1) is 16.7 Å². The van der Waals surface area contributed by atoms with Crippen molar-refractivity contribution in [1.82, 2.24) is 9.88 Å². The van der Waals surface area contributed by atoms with E-state index >= 15 is 0 Å². The van der Waals surface area contributed by atoms with Crippen LogP contribution in [0.2, 0.25) is 0 Å². The zero-order valence-corrected chi connectivity index (χ0v) is 39.9. The molecular formula is C67H44N4S. The molecule has 3 heterocycles. The van der Waals surface area contributed by atoms with Crippen molar-refractivity contribution in [1.29, 1.82) is 0 Å². The Morgan fingerprint density at radius 2 is 0.958 bits per heavy atom. The first-order valence-corrected chi connectivity index (χ1v) is 25.3. The molecule has 0 spiro atoms. The number of thiophene rings is 1. The first-order chi connectivity index (χ1) is 35.7. The molecule has 1 aliphatic heterocycles. The van der Waals surface area contributed by atoms with E-state index < -0.39 is 6.17 Å². The van der Waals surface area contributed by atoms with Gasteiger partial charge in [-0.3, -0.25) is 0 Å². The van der Waals surface area contributed by atoms with Gasteiger partial charge in [0.1, 0.15) is 12.0 Å². The molecule has 72 heavy (non-hydrogen) atoms. The minimum absolute atomic E-state index is 0.481. The normalized spacial score (nSPS) is 13.7. The Kier molecular flexibility index (Phi) is 10.1.